The minimum atomic E-state index is -3.52. The first-order chi connectivity index (χ1) is 9.88. The molecular formula is C13H23NO6S. The van der Waals surface area contributed by atoms with Crippen molar-refractivity contribution < 1.29 is 27.5 Å². The summed E-state index contributed by atoms with van der Waals surface area (Å²) in [6.07, 6.45) is 2.13. The Morgan fingerprint density at radius 3 is 2.48 bits per heavy atom. The summed E-state index contributed by atoms with van der Waals surface area (Å²) in [6, 6.07) is -0.412. The van der Waals surface area contributed by atoms with E-state index in [0.29, 0.717) is 0 Å². The topological polar surface area (TPSA) is 98.8 Å². The van der Waals surface area contributed by atoms with E-state index >= 15 is 0 Å². The standard InChI is InChI=1S/C13H23NO6S/c1-3-20-12(15)5-4-8-21(17,18)14-11(10-6-7-10)9-13(16)19-2/h10-11,14H,3-9H2,1-2H3/t11-/m1/s1. The molecule has 0 bridgehead atoms. The summed E-state index contributed by atoms with van der Waals surface area (Å²) in [5.41, 5.74) is 0. The average Bonchev–Trinajstić information content (AvgIpc) is 3.21. The first-order valence-electron chi connectivity index (χ1n) is 7.10. The van der Waals surface area contributed by atoms with Crippen molar-refractivity contribution in [2.75, 3.05) is 19.5 Å². The summed E-state index contributed by atoms with van der Waals surface area (Å²) in [6.45, 7) is 1.98. The number of ether oxygens (including phenoxy) is 2. The van der Waals surface area contributed by atoms with Gasteiger partial charge in [0.25, 0.3) is 0 Å². The molecule has 0 saturated heterocycles. The number of carbonyl (C=O) groups is 2. The van der Waals surface area contributed by atoms with Gasteiger partial charge in [0, 0.05) is 12.5 Å². The summed E-state index contributed by atoms with van der Waals surface area (Å²) in [5.74, 6) is -0.790. The fourth-order valence-electron chi connectivity index (χ4n) is 2.00. The van der Waals surface area contributed by atoms with Crippen LogP contribution in [0, 0.1) is 5.92 Å². The number of sulfonamides is 1. The molecule has 0 radical (unpaired) electrons. The minimum Gasteiger partial charge on any atom is -0.469 e. The highest BCUT2D eigenvalue weighted by molar-refractivity contribution is 7.89. The fraction of sp³-hybridized carbons (Fsp3) is 0.846. The van der Waals surface area contributed by atoms with Gasteiger partial charge >= 0.3 is 11.9 Å². The van der Waals surface area contributed by atoms with E-state index < -0.39 is 28.0 Å². The molecule has 0 heterocycles. The van der Waals surface area contributed by atoms with Gasteiger partial charge in [-0.1, -0.05) is 0 Å². The van der Waals surface area contributed by atoms with Crippen LogP contribution in [0.1, 0.15) is 39.0 Å². The van der Waals surface area contributed by atoms with Crippen molar-refractivity contribution in [3.8, 4) is 0 Å². The van der Waals surface area contributed by atoms with Crippen LogP contribution in [0.5, 0.6) is 0 Å². The van der Waals surface area contributed by atoms with E-state index in [2.05, 4.69) is 9.46 Å². The zero-order chi connectivity index (χ0) is 15.9. The molecule has 0 aromatic rings. The van der Waals surface area contributed by atoms with Gasteiger partial charge in [0.1, 0.15) is 0 Å². The van der Waals surface area contributed by atoms with Gasteiger partial charge < -0.3 is 9.47 Å². The Bertz CT molecular complexity index is 457. The molecular weight excluding hydrogens is 298 g/mol. The van der Waals surface area contributed by atoms with E-state index in [4.69, 9.17) is 4.74 Å². The van der Waals surface area contributed by atoms with Gasteiger partial charge in [-0.15, -0.1) is 0 Å². The molecule has 0 aromatic carbocycles. The number of rotatable bonds is 10. The van der Waals surface area contributed by atoms with E-state index in [1.807, 2.05) is 0 Å². The molecule has 1 rings (SSSR count). The van der Waals surface area contributed by atoms with Gasteiger partial charge in [-0.05, 0) is 32.1 Å². The number of esters is 2. The molecule has 0 aromatic heterocycles. The lowest BCUT2D eigenvalue weighted by Gasteiger charge is -2.17. The monoisotopic (exact) mass is 321 g/mol. The number of nitrogens with one attached hydrogen (secondary N) is 1. The van der Waals surface area contributed by atoms with Crippen molar-refractivity contribution in [2.45, 2.75) is 45.1 Å². The predicted molar refractivity (Wildman–Crippen MR) is 75.9 cm³/mol. The molecule has 1 aliphatic carbocycles. The van der Waals surface area contributed by atoms with Gasteiger partial charge in [0.05, 0.1) is 25.9 Å². The summed E-state index contributed by atoms with van der Waals surface area (Å²) >= 11 is 0. The second kappa shape index (κ2) is 8.33. The van der Waals surface area contributed by atoms with Gasteiger partial charge in [-0.25, -0.2) is 13.1 Å². The summed E-state index contributed by atoms with van der Waals surface area (Å²) in [5, 5.41) is 0. The quantitative estimate of drug-likeness (QED) is 0.591. The van der Waals surface area contributed by atoms with Gasteiger partial charge in [0.15, 0.2) is 0 Å². The molecule has 0 spiro atoms. The van der Waals surface area contributed by atoms with Crippen molar-refractivity contribution >= 4 is 22.0 Å². The van der Waals surface area contributed by atoms with Crippen LogP contribution in [0.25, 0.3) is 0 Å². The summed E-state index contributed by atoms with van der Waals surface area (Å²) in [4.78, 5) is 22.5. The van der Waals surface area contributed by atoms with Crippen molar-refractivity contribution in [3.63, 3.8) is 0 Å². The summed E-state index contributed by atoms with van der Waals surface area (Å²) in [7, 11) is -2.24. The normalized spacial score (nSPS) is 16.3. The SMILES string of the molecule is CCOC(=O)CCCS(=O)(=O)N[C@H](CC(=O)OC)C1CC1. The lowest BCUT2D eigenvalue weighted by Crippen LogP contribution is -2.39. The van der Waals surface area contributed by atoms with E-state index in [-0.39, 0.29) is 37.5 Å². The molecule has 0 amide bonds. The van der Waals surface area contributed by atoms with E-state index in [1.165, 1.54) is 7.11 Å². The fourth-order valence-corrected chi connectivity index (χ4v) is 3.37. The Morgan fingerprint density at radius 2 is 1.95 bits per heavy atom. The van der Waals surface area contributed by atoms with Crippen LogP contribution in [0.3, 0.4) is 0 Å². The second-order valence-electron chi connectivity index (χ2n) is 5.07. The number of carbonyl (C=O) groups excluding carboxylic acids is 2. The number of hydrogen-bond donors (Lipinski definition) is 1. The average molecular weight is 321 g/mol. The highest BCUT2D eigenvalue weighted by atomic mass is 32.2. The largest absolute Gasteiger partial charge is 0.469 e. The Hall–Kier alpha value is -1.15. The molecule has 8 heteroatoms. The third-order valence-corrected chi connectivity index (χ3v) is 4.72. The first kappa shape index (κ1) is 17.9. The molecule has 21 heavy (non-hydrogen) atoms. The van der Waals surface area contributed by atoms with Crippen LogP contribution < -0.4 is 4.72 Å². The van der Waals surface area contributed by atoms with Gasteiger partial charge in [-0.2, -0.15) is 0 Å². The van der Waals surface area contributed by atoms with Crippen molar-refractivity contribution in [2.24, 2.45) is 5.92 Å². The Balaban J connectivity index is 2.41. The zero-order valence-electron chi connectivity index (χ0n) is 12.5. The maximum Gasteiger partial charge on any atom is 0.307 e. The van der Waals surface area contributed by atoms with Gasteiger partial charge in [0.2, 0.25) is 10.0 Å². The number of methoxy groups -OCH3 is 1. The van der Waals surface area contributed by atoms with Crippen LogP contribution in [0.15, 0.2) is 0 Å². The van der Waals surface area contributed by atoms with E-state index in [1.54, 1.807) is 6.92 Å². The van der Waals surface area contributed by atoms with Crippen LogP contribution in [0.4, 0.5) is 0 Å². The van der Waals surface area contributed by atoms with Crippen LogP contribution in [-0.4, -0.2) is 45.9 Å². The molecule has 1 saturated carbocycles. The number of hydrogen-bond acceptors (Lipinski definition) is 6. The minimum absolute atomic E-state index is 0.0400. The molecule has 1 aliphatic rings. The van der Waals surface area contributed by atoms with Crippen molar-refractivity contribution in [1.29, 1.82) is 0 Å². The van der Waals surface area contributed by atoms with Crippen LogP contribution in [-0.2, 0) is 29.1 Å². The Morgan fingerprint density at radius 1 is 1.29 bits per heavy atom. The molecule has 1 atom stereocenters. The molecule has 0 aliphatic heterocycles. The van der Waals surface area contributed by atoms with E-state index in [0.717, 1.165) is 12.8 Å². The summed E-state index contributed by atoms with van der Waals surface area (Å²) < 4.78 is 35.8. The predicted octanol–water partition coefficient (Wildman–Crippen LogP) is 0.591. The lowest BCUT2D eigenvalue weighted by atomic mass is 10.1. The Kier molecular flexibility index (Phi) is 7.10. The first-order valence-corrected chi connectivity index (χ1v) is 8.75. The molecule has 1 fully saturated rings. The highest BCUT2D eigenvalue weighted by Crippen LogP contribution is 2.34. The van der Waals surface area contributed by atoms with Crippen LogP contribution in [0.2, 0.25) is 0 Å². The molecule has 7 nitrogen and oxygen atoms in total. The molecule has 122 valence electrons. The van der Waals surface area contributed by atoms with Gasteiger partial charge in [-0.3, -0.25) is 9.59 Å². The van der Waals surface area contributed by atoms with Crippen molar-refractivity contribution in [3.05, 3.63) is 0 Å². The highest BCUT2D eigenvalue weighted by Gasteiger charge is 2.35. The van der Waals surface area contributed by atoms with Crippen molar-refractivity contribution in [1.82, 2.24) is 4.72 Å². The molecule has 1 N–H and O–H groups in total. The van der Waals surface area contributed by atoms with Crippen LogP contribution >= 0.6 is 0 Å². The van der Waals surface area contributed by atoms with E-state index in [9.17, 15) is 18.0 Å². The maximum atomic E-state index is 12.0. The third-order valence-electron chi connectivity index (χ3n) is 3.24. The third kappa shape index (κ3) is 7.42. The maximum absolute atomic E-state index is 12.0. The zero-order valence-corrected chi connectivity index (χ0v) is 13.3. The lowest BCUT2D eigenvalue weighted by molar-refractivity contribution is -0.143. The molecule has 0 unspecified atom stereocenters. The Labute approximate surface area is 125 Å². The smallest absolute Gasteiger partial charge is 0.307 e. The second-order valence-corrected chi connectivity index (χ2v) is 6.94.